The number of hydrogen-bond acceptors (Lipinski definition) is 3. The van der Waals surface area contributed by atoms with E-state index >= 15 is 0 Å². The fourth-order valence-electron chi connectivity index (χ4n) is 5.27. The number of hydrogen-bond donors (Lipinski definition) is 1. The maximum atomic E-state index is 10.7. The van der Waals surface area contributed by atoms with E-state index in [1.807, 2.05) is 0 Å². The minimum atomic E-state index is -0.727. The van der Waals surface area contributed by atoms with Gasteiger partial charge in [0.15, 0.2) is 0 Å². The van der Waals surface area contributed by atoms with Crippen molar-refractivity contribution in [3.05, 3.63) is 16.1 Å². The molecule has 1 heterocycles. The van der Waals surface area contributed by atoms with Gasteiger partial charge in [0, 0.05) is 17.2 Å². The van der Waals surface area contributed by atoms with Gasteiger partial charge in [-0.25, -0.2) is 4.98 Å². The lowest BCUT2D eigenvalue weighted by atomic mass is 9.50. The molecule has 0 unspecified atom stereocenters. The van der Waals surface area contributed by atoms with Crippen LogP contribution in [-0.2, 0) is 16.6 Å². The van der Waals surface area contributed by atoms with Crippen LogP contribution in [0.4, 0.5) is 0 Å². The van der Waals surface area contributed by atoms with Gasteiger partial charge in [0.2, 0.25) is 0 Å². The zero-order valence-electron chi connectivity index (χ0n) is 11.7. The third-order valence-electron chi connectivity index (χ3n) is 5.64. The largest absolute Gasteiger partial charge is 0.481 e. The Labute approximate surface area is 123 Å². The first-order chi connectivity index (χ1) is 9.63. The molecule has 0 aliphatic heterocycles. The standard InChI is InChI=1S/C16H21NO2S/c18-14(19)2-1-13-9-20-15(17-13)16-6-10-3-11(7-16)5-12(4-10)8-16/h9-12H,1-8H2,(H,18,19). The van der Waals surface area contributed by atoms with Gasteiger partial charge in [0.1, 0.15) is 0 Å². The van der Waals surface area contributed by atoms with Crippen molar-refractivity contribution >= 4 is 17.3 Å². The Balaban J connectivity index is 1.56. The van der Waals surface area contributed by atoms with Crippen LogP contribution >= 0.6 is 11.3 Å². The van der Waals surface area contributed by atoms with E-state index in [1.165, 1.54) is 43.5 Å². The Morgan fingerprint density at radius 3 is 2.40 bits per heavy atom. The molecule has 0 atom stereocenters. The quantitative estimate of drug-likeness (QED) is 0.921. The summed E-state index contributed by atoms with van der Waals surface area (Å²) in [5.41, 5.74) is 1.35. The van der Waals surface area contributed by atoms with Crippen LogP contribution in [0.5, 0.6) is 0 Å². The van der Waals surface area contributed by atoms with E-state index in [-0.39, 0.29) is 6.42 Å². The molecular formula is C16H21NO2S. The van der Waals surface area contributed by atoms with Crippen molar-refractivity contribution in [3.8, 4) is 0 Å². The Morgan fingerprint density at radius 1 is 1.25 bits per heavy atom. The normalized spacial score (nSPS) is 38.3. The van der Waals surface area contributed by atoms with Crippen molar-refractivity contribution in [2.24, 2.45) is 17.8 Å². The zero-order valence-corrected chi connectivity index (χ0v) is 12.5. The Bertz CT molecular complexity index is 501. The van der Waals surface area contributed by atoms with Gasteiger partial charge in [-0.1, -0.05) is 0 Å². The molecule has 108 valence electrons. The fraction of sp³-hybridized carbons (Fsp3) is 0.750. The first-order valence-electron chi connectivity index (χ1n) is 7.80. The van der Waals surface area contributed by atoms with Crippen LogP contribution in [-0.4, -0.2) is 16.1 Å². The smallest absolute Gasteiger partial charge is 0.303 e. The number of aryl methyl sites for hydroxylation is 1. The van der Waals surface area contributed by atoms with E-state index in [4.69, 9.17) is 10.1 Å². The lowest BCUT2D eigenvalue weighted by Gasteiger charge is -2.56. The Hall–Kier alpha value is -0.900. The molecule has 0 spiro atoms. The first kappa shape index (κ1) is 12.8. The minimum Gasteiger partial charge on any atom is -0.481 e. The summed E-state index contributed by atoms with van der Waals surface area (Å²) in [6, 6.07) is 0. The lowest BCUT2D eigenvalue weighted by Crippen LogP contribution is -2.48. The van der Waals surface area contributed by atoms with Crippen molar-refractivity contribution in [1.82, 2.24) is 4.98 Å². The number of carbonyl (C=O) groups is 1. The number of thiazole rings is 1. The highest BCUT2D eigenvalue weighted by Gasteiger charge is 2.52. The Kier molecular flexibility index (Phi) is 2.92. The number of aromatic nitrogens is 1. The van der Waals surface area contributed by atoms with E-state index in [1.54, 1.807) is 11.3 Å². The summed E-state index contributed by atoms with van der Waals surface area (Å²) in [6.07, 6.45) is 9.16. The monoisotopic (exact) mass is 291 g/mol. The van der Waals surface area contributed by atoms with Gasteiger partial charge >= 0.3 is 5.97 Å². The third kappa shape index (κ3) is 2.09. The number of carboxylic acid groups (broad SMARTS) is 1. The van der Waals surface area contributed by atoms with Gasteiger partial charge in [-0.15, -0.1) is 11.3 Å². The van der Waals surface area contributed by atoms with Crippen molar-refractivity contribution < 1.29 is 9.90 Å². The molecular weight excluding hydrogens is 270 g/mol. The van der Waals surface area contributed by atoms with Crippen molar-refractivity contribution in [1.29, 1.82) is 0 Å². The fourth-order valence-corrected chi connectivity index (χ4v) is 6.36. The number of carboxylic acids is 1. The molecule has 4 heteroatoms. The van der Waals surface area contributed by atoms with Crippen LogP contribution in [0.2, 0.25) is 0 Å². The summed E-state index contributed by atoms with van der Waals surface area (Å²) in [7, 11) is 0. The number of aliphatic carboxylic acids is 1. The van der Waals surface area contributed by atoms with Crippen LogP contribution in [0, 0.1) is 17.8 Å². The average molecular weight is 291 g/mol. The molecule has 4 aliphatic rings. The maximum absolute atomic E-state index is 10.7. The summed E-state index contributed by atoms with van der Waals surface area (Å²) in [5, 5.41) is 12.2. The van der Waals surface area contributed by atoms with Crippen molar-refractivity contribution in [2.75, 3.05) is 0 Å². The predicted octanol–water partition coefficient (Wildman–Crippen LogP) is 3.63. The summed E-state index contributed by atoms with van der Waals surface area (Å²) < 4.78 is 0. The highest BCUT2D eigenvalue weighted by molar-refractivity contribution is 7.09. The van der Waals surface area contributed by atoms with Gasteiger partial charge in [0.25, 0.3) is 0 Å². The third-order valence-corrected chi connectivity index (χ3v) is 6.78. The first-order valence-corrected chi connectivity index (χ1v) is 8.68. The average Bonchev–Trinajstić information content (AvgIpc) is 2.84. The maximum Gasteiger partial charge on any atom is 0.303 e. The minimum absolute atomic E-state index is 0.198. The van der Waals surface area contributed by atoms with Crippen LogP contribution in [0.1, 0.15) is 55.6 Å². The highest BCUT2D eigenvalue weighted by atomic mass is 32.1. The van der Waals surface area contributed by atoms with Crippen molar-refractivity contribution in [2.45, 2.75) is 56.8 Å². The number of nitrogens with zero attached hydrogens (tertiary/aromatic N) is 1. The predicted molar refractivity (Wildman–Crippen MR) is 77.9 cm³/mol. The molecule has 0 aromatic carbocycles. The van der Waals surface area contributed by atoms with Crippen LogP contribution in [0.3, 0.4) is 0 Å². The zero-order chi connectivity index (χ0) is 13.7. The summed E-state index contributed by atoms with van der Waals surface area (Å²) in [4.78, 5) is 15.5. The van der Waals surface area contributed by atoms with Gasteiger partial charge in [-0.05, 0) is 56.3 Å². The molecule has 4 aliphatic carbocycles. The van der Waals surface area contributed by atoms with Crippen LogP contribution in [0.15, 0.2) is 5.38 Å². The molecule has 5 rings (SSSR count). The van der Waals surface area contributed by atoms with Gasteiger partial charge < -0.3 is 5.11 Å². The van der Waals surface area contributed by atoms with E-state index in [0.717, 1.165) is 23.4 Å². The van der Waals surface area contributed by atoms with Crippen LogP contribution in [0.25, 0.3) is 0 Å². The highest BCUT2D eigenvalue weighted by Crippen LogP contribution is 2.61. The topological polar surface area (TPSA) is 50.2 Å². The number of rotatable bonds is 4. The van der Waals surface area contributed by atoms with E-state index < -0.39 is 5.97 Å². The van der Waals surface area contributed by atoms with Gasteiger partial charge in [0.05, 0.1) is 17.1 Å². The lowest BCUT2D eigenvalue weighted by molar-refractivity contribution is -0.136. The molecule has 0 radical (unpaired) electrons. The molecule has 4 saturated carbocycles. The second kappa shape index (κ2) is 4.55. The molecule has 3 nitrogen and oxygen atoms in total. The second-order valence-corrected chi connectivity index (χ2v) is 8.09. The molecule has 0 saturated heterocycles. The molecule has 1 N–H and O–H groups in total. The van der Waals surface area contributed by atoms with Gasteiger partial charge in [-0.2, -0.15) is 0 Å². The molecule has 20 heavy (non-hydrogen) atoms. The van der Waals surface area contributed by atoms with Gasteiger partial charge in [-0.3, -0.25) is 4.79 Å². The summed E-state index contributed by atoms with van der Waals surface area (Å²) >= 11 is 1.79. The second-order valence-electron chi connectivity index (χ2n) is 7.24. The molecule has 4 fully saturated rings. The molecule has 0 amide bonds. The van der Waals surface area contributed by atoms with Crippen LogP contribution < -0.4 is 0 Å². The van der Waals surface area contributed by atoms with E-state index in [0.29, 0.717) is 11.8 Å². The van der Waals surface area contributed by atoms with Crippen molar-refractivity contribution in [3.63, 3.8) is 0 Å². The SMILES string of the molecule is O=C(O)CCc1csc(C23CC4CC(CC(C4)C2)C3)n1. The molecule has 4 bridgehead atoms. The summed E-state index contributed by atoms with van der Waals surface area (Å²) in [6.45, 7) is 0. The Morgan fingerprint density at radius 2 is 1.85 bits per heavy atom. The summed E-state index contributed by atoms with van der Waals surface area (Å²) in [5.74, 6) is 2.09. The van der Waals surface area contributed by atoms with E-state index in [9.17, 15) is 4.79 Å². The van der Waals surface area contributed by atoms with E-state index in [2.05, 4.69) is 5.38 Å². The molecule has 1 aromatic heterocycles. The molecule has 1 aromatic rings.